The maximum Gasteiger partial charge on any atom is 0.0681 e. The van der Waals surface area contributed by atoms with E-state index in [4.69, 9.17) is 10.2 Å². The molecule has 2 nitrogen and oxygen atoms in total. The summed E-state index contributed by atoms with van der Waals surface area (Å²) in [7, 11) is 0. The van der Waals surface area contributed by atoms with Gasteiger partial charge in [-0.15, -0.1) is 0 Å². The van der Waals surface area contributed by atoms with Gasteiger partial charge in [0.05, 0.1) is 6.61 Å². The minimum Gasteiger partial charge on any atom is -0.396 e. The van der Waals surface area contributed by atoms with Gasteiger partial charge in [-0.1, -0.05) is 56.5 Å². The summed E-state index contributed by atoms with van der Waals surface area (Å²) in [5.74, 6) is 0. The topological polar surface area (TPSA) is 40.5 Å². The maximum atomic E-state index is 8.54. The van der Waals surface area contributed by atoms with Gasteiger partial charge in [-0.25, -0.2) is 0 Å². The molecule has 0 atom stereocenters. The number of rotatable bonds is 5. The van der Waals surface area contributed by atoms with E-state index in [-0.39, 0.29) is 6.61 Å². The molecule has 0 fully saturated rings. The molecule has 1 aromatic rings. The van der Waals surface area contributed by atoms with Crippen molar-refractivity contribution in [2.75, 3.05) is 6.61 Å². The Kier molecular flexibility index (Phi) is 10.6. The third-order valence-corrected chi connectivity index (χ3v) is 2.04. The van der Waals surface area contributed by atoms with Crippen LogP contribution in [0.4, 0.5) is 0 Å². The molecule has 0 spiro atoms. The van der Waals surface area contributed by atoms with Crippen molar-refractivity contribution in [1.29, 1.82) is 0 Å². The number of unbranched alkanes of at least 4 members (excludes halogenated alkanes) is 3. The summed E-state index contributed by atoms with van der Waals surface area (Å²) in [6.45, 7) is 2.66. The van der Waals surface area contributed by atoms with E-state index < -0.39 is 0 Å². The molecule has 0 radical (unpaired) electrons. The molecule has 0 aliphatic carbocycles. The fourth-order valence-electron chi connectivity index (χ4n) is 1.12. The Balaban J connectivity index is 0.000000265. The van der Waals surface area contributed by atoms with Crippen LogP contribution in [0.3, 0.4) is 0 Å². The summed E-state index contributed by atoms with van der Waals surface area (Å²) in [5.41, 5.74) is 0.965. The summed E-state index contributed by atoms with van der Waals surface area (Å²) in [6.07, 6.45) is 4.68. The van der Waals surface area contributed by atoms with Crippen LogP contribution in [0.25, 0.3) is 0 Å². The van der Waals surface area contributed by atoms with E-state index >= 15 is 0 Å². The highest BCUT2D eigenvalue weighted by Crippen LogP contribution is 1.96. The summed E-state index contributed by atoms with van der Waals surface area (Å²) in [6, 6.07) is 9.52. The van der Waals surface area contributed by atoms with E-state index in [1.54, 1.807) is 0 Å². The number of benzene rings is 1. The zero-order valence-corrected chi connectivity index (χ0v) is 9.52. The fraction of sp³-hybridized carbons (Fsp3) is 0.538. The molecule has 0 amide bonds. The van der Waals surface area contributed by atoms with Gasteiger partial charge in [0.1, 0.15) is 0 Å². The van der Waals surface area contributed by atoms with E-state index in [0.717, 1.165) is 12.0 Å². The van der Waals surface area contributed by atoms with Crippen LogP contribution in [0, 0.1) is 0 Å². The Hall–Kier alpha value is -0.860. The largest absolute Gasteiger partial charge is 0.396 e. The van der Waals surface area contributed by atoms with E-state index in [1.807, 2.05) is 30.3 Å². The van der Waals surface area contributed by atoms with Crippen LogP contribution in [-0.4, -0.2) is 16.8 Å². The quantitative estimate of drug-likeness (QED) is 0.734. The Morgan fingerprint density at radius 3 is 2.00 bits per heavy atom. The van der Waals surface area contributed by atoms with Crippen molar-refractivity contribution in [3.63, 3.8) is 0 Å². The first-order valence-electron chi connectivity index (χ1n) is 5.60. The Morgan fingerprint density at radius 2 is 1.60 bits per heavy atom. The number of aliphatic hydroxyl groups is 2. The molecule has 1 rings (SSSR count). The molecule has 2 N–H and O–H groups in total. The first-order chi connectivity index (χ1) is 7.35. The highest BCUT2D eigenvalue weighted by atomic mass is 16.3. The van der Waals surface area contributed by atoms with Crippen molar-refractivity contribution in [1.82, 2.24) is 0 Å². The lowest BCUT2D eigenvalue weighted by Crippen LogP contribution is -1.80. The van der Waals surface area contributed by atoms with Gasteiger partial charge in [0.15, 0.2) is 0 Å². The van der Waals surface area contributed by atoms with Crippen molar-refractivity contribution in [2.45, 2.75) is 39.2 Å². The second kappa shape index (κ2) is 11.2. The van der Waals surface area contributed by atoms with E-state index in [2.05, 4.69) is 6.92 Å². The van der Waals surface area contributed by atoms with Gasteiger partial charge in [0, 0.05) is 6.61 Å². The highest BCUT2D eigenvalue weighted by Gasteiger charge is 1.81. The second-order valence-electron chi connectivity index (χ2n) is 3.43. The number of aliphatic hydroxyl groups excluding tert-OH is 2. The van der Waals surface area contributed by atoms with Crippen molar-refractivity contribution >= 4 is 0 Å². The van der Waals surface area contributed by atoms with Crippen LogP contribution in [0.1, 0.15) is 38.2 Å². The molecule has 0 aromatic heterocycles. The molecule has 2 heteroatoms. The van der Waals surface area contributed by atoms with E-state index in [1.165, 1.54) is 19.3 Å². The van der Waals surface area contributed by atoms with Gasteiger partial charge < -0.3 is 10.2 Å². The van der Waals surface area contributed by atoms with Crippen molar-refractivity contribution in [2.24, 2.45) is 0 Å². The van der Waals surface area contributed by atoms with Gasteiger partial charge in [0.2, 0.25) is 0 Å². The van der Waals surface area contributed by atoms with Crippen LogP contribution in [-0.2, 0) is 6.61 Å². The summed E-state index contributed by atoms with van der Waals surface area (Å²) in [4.78, 5) is 0. The van der Waals surface area contributed by atoms with Crippen molar-refractivity contribution in [3.05, 3.63) is 35.9 Å². The molecule has 86 valence electrons. The van der Waals surface area contributed by atoms with Crippen molar-refractivity contribution < 1.29 is 10.2 Å². The monoisotopic (exact) mass is 210 g/mol. The third-order valence-electron chi connectivity index (χ3n) is 2.04. The molecule has 0 heterocycles. The summed E-state index contributed by atoms with van der Waals surface area (Å²) in [5, 5.41) is 16.8. The average Bonchev–Trinajstić information content (AvgIpc) is 2.32. The first-order valence-corrected chi connectivity index (χ1v) is 5.60. The molecule has 0 unspecified atom stereocenters. The Labute approximate surface area is 92.6 Å². The second-order valence-corrected chi connectivity index (χ2v) is 3.43. The Bertz CT molecular complexity index is 205. The molecular formula is C13H22O2. The number of hydrogen-bond donors (Lipinski definition) is 2. The molecular weight excluding hydrogens is 188 g/mol. The molecule has 0 bridgehead atoms. The summed E-state index contributed by atoms with van der Waals surface area (Å²) < 4.78 is 0. The number of hydrogen-bond acceptors (Lipinski definition) is 2. The predicted octanol–water partition coefficient (Wildman–Crippen LogP) is 2.74. The average molecular weight is 210 g/mol. The third kappa shape index (κ3) is 9.44. The lowest BCUT2D eigenvalue weighted by atomic mass is 10.2. The molecule has 0 aliphatic rings. The van der Waals surface area contributed by atoms with Crippen LogP contribution >= 0.6 is 0 Å². The van der Waals surface area contributed by atoms with Crippen LogP contribution < -0.4 is 0 Å². The zero-order chi connectivity index (χ0) is 11.4. The standard InChI is InChI=1S/C7H8O.C6H14O/c8-6-7-4-2-1-3-5-7;1-2-3-4-5-6-7/h1-5,8H,6H2;7H,2-6H2,1H3. The van der Waals surface area contributed by atoms with Gasteiger partial charge in [-0.3, -0.25) is 0 Å². The minimum absolute atomic E-state index is 0.140. The van der Waals surface area contributed by atoms with Crippen LogP contribution in [0.2, 0.25) is 0 Å². The normalized spacial score (nSPS) is 9.27. The molecule has 0 saturated carbocycles. The van der Waals surface area contributed by atoms with Crippen LogP contribution in [0.5, 0.6) is 0 Å². The predicted molar refractivity (Wildman–Crippen MR) is 63.6 cm³/mol. The molecule has 0 saturated heterocycles. The lowest BCUT2D eigenvalue weighted by Gasteiger charge is -1.90. The van der Waals surface area contributed by atoms with Gasteiger partial charge >= 0.3 is 0 Å². The molecule has 1 aromatic carbocycles. The van der Waals surface area contributed by atoms with Gasteiger partial charge in [-0.05, 0) is 12.0 Å². The summed E-state index contributed by atoms with van der Waals surface area (Å²) >= 11 is 0. The fourth-order valence-corrected chi connectivity index (χ4v) is 1.12. The Morgan fingerprint density at radius 1 is 0.933 bits per heavy atom. The zero-order valence-electron chi connectivity index (χ0n) is 9.52. The smallest absolute Gasteiger partial charge is 0.0681 e. The maximum absolute atomic E-state index is 8.54. The van der Waals surface area contributed by atoms with Crippen molar-refractivity contribution in [3.8, 4) is 0 Å². The van der Waals surface area contributed by atoms with E-state index in [9.17, 15) is 0 Å². The molecule has 0 aliphatic heterocycles. The van der Waals surface area contributed by atoms with Crippen LogP contribution in [0.15, 0.2) is 30.3 Å². The lowest BCUT2D eigenvalue weighted by molar-refractivity contribution is 0.282. The molecule has 15 heavy (non-hydrogen) atoms. The van der Waals surface area contributed by atoms with E-state index in [0.29, 0.717) is 6.61 Å². The first kappa shape index (κ1) is 14.1. The highest BCUT2D eigenvalue weighted by molar-refractivity contribution is 5.12. The van der Waals surface area contributed by atoms with Gasteiger partial charge in [0.25, 0.3) is 0 Å². The SMILES string of the molecule is CCCCCCO.OCc1ccccc1. The van der Waals surface area contributed by atoms with Gasteiger partial charge in [-0.2, -0.15) is 0 Å². The minimum atomic E-state index is 0.140.